The van der Waals surface area contributed by atoms with Crippen molar-refractivity contribution < 1.29 is 9.53 Å². The summed E-state index contributed by atoms with van der Waals surface area (Å²) in [6.45, 7) is 8.39. The third-order valence-corrected chi connectivity index (χ3v) is 2.86. The van der Waals surface area contributed by atoms with Crippen LogP contribution in [-0.4, -0.2) is 43.7 Å². The van der Waals surface area contributed by atoms with Gasteiger partial charge in [-0.1, -0.05) is 13.0 Å². The number of hydrogen-bond donors (Lipinski definition) is 1. The number of rotatable bonds is 5. The van der Waals surface area contributed by atoms with Gasteiger partial charge in [0.25, 0.3) is 0 Å². The van der Waals surface area contributed by atoms with Crippen LogP contribution in [0, 0.1) is 5.41 Å². The molecule has 0 spiro atoms. The molecule has 1 aliphatic heterocycles. The van der Waals surface area contributed by atoms with Gasteiger partial charge in [-0.3, -0.25) is 4.79 Å². The van der Waals surface area contributed by atoms with Gasteiger partial charge >= 0.3 is 0 Å². The zero-order valence-corrected chi connectivity index (χ0v) is 9.37. The largest absolute Gasteiger partial charge is 0.368 e. The van der Waals surface area contributed by atoms with E-state index >= 15 is 0 Å². The van der Waals surface area contributed by atoms with E-state index < -0.39 is 0 Å². The zero-order valence-electron chi connectivity index (χ0n) is 9.37. The van der Waals surface area contributed by atoms with E-state index in [0.29, 0.717) is 13.2 Å². The van der Waals surface area contributed by atoms with E-state index in [1.807, 2.05) is 4.90 Å². The highest BCUT2D eigenvalue weighted by molar-refractivity contribution is 5.77. The van der Waals surface area contributed by atoms with E-state index in [1.165, 1.54) is 0 Å². The molecule has 0 bridgehead atoms. The Morgan fingerprint density at radius 2 is 2.47 bits per heavy atom. The maximum absolute atomic E-state index is 11.6. The Balaban J connectivity index is 2.33. The highest BCUT2D eigenvalue weighted by Crippen LogP contribution is 2.28. The van der Waals surface area contributed by atoms with Crippen LogP contribution in [0.3, 0.4) is 0 Å². The van der Waals surface area contributed by atoms with Crippen molar-refractivity contribution in [3.8, 4) is 0 Å². The third kappa shape index (κ3) is 3.32. The lowest BCUT2D eigenvalue weighted by Crippen LogP contribution is -2.36. The lowest BCUT2D eigenvalue weighted by atomic mass is 9.90. The fraction of sp³-hybridized carbons (Fsp3) is 0.727. The predicted molar refractivity (Wildman–Crippen MR) is 59.4 cm³/mol. The van der Waals surface area contributed by atoms with Crippen molar-refractivity contribution in [2.75, 3.05) is 32.8 Å². The Kier molecular flexibility index (Phi) is 4.29. The average Bonchev–Trinajstić information content (AvgIpc) is 2.62. The normalized spacial score (nSPS) is 25.6. The molecular formula is C11H20N2O2. The Hall–Kier alpha value is -0.870. The maximum Gasteiger partial charge on any atom is 0.248 e. The molecule has 1 rings (SSSR count). The molecular weight excluding hydrogens is 192 g/mol. The van der Waals surface area contributed by atoms with E-state index in [0.717, 1.165) is 19.5 Å². The monoisotopic (exact) mass is 212 g/mol. The molecule has 1 amide bonds. The topological polar surface area (TPSA) is 55.6 Å². The van der Waals surface area contributed by atoms with E-state index in [-0.39, 0.29) is 17.9 Å². The molecule has 86 valence electrons. The Labute approximate surface area is 91.1 Å². The van der Waals surface area contributed by atoms with Crippen LogP contribution in [-0.2, 0) is 9.53 Å². The molecule has 4 heteroatoms. The summed E-state index contributed by atoms with van der Waals surface area (Å²) in [4.78, 5) is 13.5. The number of amides is 1. The van der Waals surface area contributed by atoms with Crippen molar-refractivity contribution in [1.29, 1.82) is 0 Å². The van der Waals surface area contributed by atoms with E-state index in [1.54, 1.807) is 6.08 Å². The van der Waals surface area contributed by atoms with Gasteiger partial charge in [0.15, 0.2) is 0 Å². The van der Waals surface area contributed by atoms with Gasteiger partial charge in [0.2, 0.25) is 5.91 Å². The SMILES string of the molecule is C=CCOCC(=O)N1CCC(C)(CN)C1. The van der Waals surface area contributed by atoms with Crippen LogP contribution in [0.2, 0.25) is 0 Å². The van der Waals surface area contributed by atoms with Crippen molar-refractivity contribution in [1.82, 2.24) is 4.90 Å². The van der Waals surface area contributed by atoms with Crippen molar-refractivity contribution >= 4 is 5.91 Å². The number of ether oxygens (including phenoxy) is 1. The van der Waals surface area contributed by atoms with E-state index in [9.17, 15) is 4.79 Å². The summed E-state index contributed by atoms with van der Waals surface area (Å²) in [6.07, 6.45) is 2.62. The Morgan fingerprint density at radius 1 is 1.73 bits per heavy atom. The molecule has 0 radical (unpaired) electrons. The van der Waals surface area contributed by atoms with Crippen LogP contribution in [0.5, 0.6) is 0 Å². The lowest BCUT2D eigenvalue weighted by molar-refractivity contribution is -0.135. The number of nitrogens with two attached hydrogens (primary N) is 1. The van der Waals surface area contributed by atoms with Crippen molar-refractivity contribution in [3.63, 3.8) is 0 Å². The molecule has 0 aliphatic carbocycles. The highest BCUT2D eigenvalue weighted by atomic mass is 16.5. The first-order valence-electron chi connectivity index (χ1n) is 5.28. The smallest absolute Gasteiger partial charge is 0.248 e. The Morgan fingerprint density at radius 3 is 3.00 bits per heavy atom. The first-order valence-corrected chi connectivity index (χ1v) is 5.28. The summed E-state index contributed by atoms with van der Waals surface area (Å²) in [5, 5.41) is 0. The molecule has 1 atom stereocenters. The third-order valence-electron chi connectivity index (χ3n) is 2.86. The quantitative estimate of drug-likeness (QED) is 0.529. The second-order valence-corrected chi connectivity index (χ2v) is 4.38. The minimum Gasteiger partial charge on any atom is -0.368 e. The minimum absolute atomic E-state index is 0.0500. The molecule has 1 aliphatic rings. The van der Waals surface area contributed by atoms with Crippen molar-refractivity contribution in [3.05, 3.63) is 12.7 Å². The first kappa shape index (κ1) is 12.2. The van der Waals surface area contributed by atoms with Gasteiger partial charge in [-0.25, -0.2) is 0 Å². The molecule has 1 heterocycles. The summed E-state index contributed by atoms with van der Waals surface area (Å²) in [6, 6.07) is 0. The van der Waals surface area contributed by atoms with Crippen LogP contribution in [0.1, 0.15) is 13.3 Å². The molecule has 1 unspecified atom stereocenters. The van der Waals surface area contributed by atoms with Crippen LogP contribution in [0.4, 0.5) is 0 Å². The molecule has 0 aromatic carbocycles. The zero-order chi connectivity index (χ0) is 11.3. The number of carbonyl (C=O) groups is 1. The standard InChI is InChI=1S/C11H20N2O2/c1-3-6-15-7-10(14)13-5-4-11(2,8-12)9-13/h3H,1,4-9,12H2,2H3. The number of hydrogen-bond acceptors (Lipinski definition) is 3. The van der Waals surface area contributed by atoms with Gasteiger partial charge in [-0.2, -0.15) is 0 Å². The van der Waals surface area contributed by atoms with Crippen LogP contribution >= 0.6 is 0 Å². The molecule has 0 saturated carbocycles. The van der Waals surface area contributed by atoms with E-state index in [2.05, 4.69) is 13.5 Å². The fourth-order valence-electron chi connectivity index (χ4n) is 1.72. The highest BCUT2D eigenvalue weighted by Gasteiger charge is 2.34. The first-order chi connectivity index (χ1) is 7.11. The van der Waals surface area contributed by atoms with Gasteiger partial charge in [-0.05, 0) is 18.4 Å². The maximum atomic E-state index is 11.6. The van der Waals surface area contributed by atoms with Crippen LogP contribution in [0.15, 0.2) is 12.7 Å². The second-order valence-electron chi connectivity index (χ2n) is 4.38. The van der Waals surface area contributed by atoms with Gasteiger partial charge in [0.05, 0.1) is 6.61 Å². The molecule has 1 fully saturated rings. The fourth-order valence-corrected chi connectivity index (χ4v) is 1.72. The van der Waals surface area contributed by atoms with Crippen LogP contribution < -0.4 is 5.73 Å². The van der Waals surface area contributed by atoms with Gasteiger partial charge in [-0.15, -0.1) is 6.58 Å². The predicted octanol–water partition coefficient (Wildman–Crippen LogP) is 0.386. The van der Waals surface area contributed by atoms with Crippen LogP contribution in [0.25, 0.3) is 0 Å². The summed E-state index contributed by atoms with van der Waals surface area (Å²) in [5.74, 6) is 0.0500. The lowest BCUT2D eigenvalue weighted by Gasteiger charge is -2.22. The molecule has 1 saturated heterocycles. The Bertz CT molecular complexity index is 243. The van der Waals surface area contributed by atoms with Gasteiger partial charge < -0.3 is 15.4 Å². The summed E-state index contributed by atoms with van der Waals surface area (Å²) in [7, 11) is 0. The van der Waals surface area contributed by atoms with Crippen molar-refractivity contribution in [2.45, 2.75) is 13.3 Å². The number of carbonyl (C=O) groups excluding carboxylic acids is 1. The van der Waals surface area contributed by atoms with Crippen molar-refractivity contribution in [2.24, 2.45) is 11.1 Å². The summed E-state index contributed by atoms with van der Waals surface area (Å²) in [5.41, 5.74) is 5.76. The summed E-state index contributed by atoms with van der Waals surface area (Å²) < 4.78 is 5.12. The number of likely N-dealkylation sites (tertiary alicyclic amines) is 1. The molecule has 0 aromatic rings. The second kappa shape index (κ2) is 5.28. The van der Waals surface area contributed by atoms with Gasteiger partial charge in [0.1, 0.15) is 6.61 Å². The molecule has 15 heavy (non-hydrogen) atoms. The molecule has 0 aromatic heterocycles. The molecule has 2 N–H and O–H groups in total. The van der Waals surface area contributed by atoms with E-state index in [4.69, 9.17) is 10.5 Å². The van der Waals surface area contributed by atoms with Gasteiger partial charge in [0, 0.05) is 13.1 Å². The minimum atomic E-state index is 0.0500. The average molecular weight is 212 g/mol. The molecule has 4 nitrogen and oxygen atoms in total. The number of nitrogens with zero attached hydrogens (tertiary/aromatic N) is 1. The summed E-state index contributed by atoms with van der Waals surface area (Å²) >= 11 is 0.